The maximum Gasteiger partial charge on any atom is 0.237 e. The zero-order valence-corrected chi connectivity index (χ0v) is 19.3. The number of hydrogen-bond donors (Lipinski definition) is 2. The Morgan fingerprint density at radius 3 is 2.45 bits per heavy atom. The molecule has 7 heteroatoms. The van der Waals surface area contributed by atoms with E-state index in [-0.39, 0.29) is 22.5 Å². The Morgan fingerprint density at radius 1 is 1.07 bits per heavy atom. The van der Waals surface area contributed by atoms with Crippen LogP contribution in [0.4, 0.5) is 11.4 Å². The molecule has 1 atom stereocenters. The largest absolute Gasteiger partial charge is 0.326 e. The molecular weight excluding hydrogens is 427 g/mol. The minimum atomic E-state index is -0.314. The van der Waals surface area contributed by atoms with Gasteiger partial charge in [-0.1, -0.05) is 57.0 Å². The normalized spacial score (nSPS) is 12.3. The zero-order chi connectivity index (χ0) is 21.6. The molecule has 0 aliphatic rings. The predicted molar refractivity (Wildman–Crippen MR) is 124 cm³/mol. The molecule has 0 bridgehead atoms. The molecular formula is C22H26Cl2N2O2S. The second kappa shape index (κ2) is 10.4. The molecule has 1 unspecified atom stereocenters. The number of benzene rings is 2. The average Bonchev–Trinajstić information content (AvgIpc) is 2.61. The smallest absolute Gasteiger partial charge is 0.237 e. The molecule has 29 heavy (non-hydrogen) atoms. The van der Waals surface area contributed by atoms with Gasteiger partial charge in [0.25, 0.3) is 0 Å². The van der Waals surface area contributed by atoms with Crippen molar-refractivity contribution in [2.75, 3.05) is 10.6 Å². The first-order valence-corrected chi connectivity index (χ1v) is 11.0. The fourth-order valence-electron chi connectivity index (χ4n) is 2.63. The first kappa shape index (κ1) is 23.6. The van der Waals surface area contributed by atoms with Gasteiger partial charge in [0.1, 0.15) is 0 Å². The number of amides is 2. The number of thioether (sulfide) groups is 1. The number of anilines is 2. The minimum absolute atomic E-state index is 0.0277. The van der Waals surface area contributed by atoms with Gasteiger partial charge in [0.2, 0.25) is 11.8 Å². The molecule has 0 heterocycles. The van der Waals surface area contributed by atoms with E-state index < -0.39 is 0 Å². The van der Waals surface area contributed by atoms with E-state index in [2.05, 4.69) is 10.6 Å². The third-order valence-corrected chi connectivity index (χ3v) is 5.86. The molecule has 2 aromatic carbocycles. The van der Waals surface area contributed by atoms with Crippen LogP contribution in [0.2, 0.25) is 10.0 Å². The van der Waals surface area contributed by atoms with Crippen molar-refractivity contribution in [3.05, 3.63) is 52.5 Å². The molecule has 4 nitrogen and oxygen atoms in total. The molecule has 0 radical (unpaired) electrons. The minimum Gasteiger partial charge on any atom is -0.326 e. The Hall–Kier alpha value is -1.69. The van der Waals surface area contributed by atoms with Gasteiger partial charge in [0.15, 0.2) is 0 Å². The van der Waals surface area contributed by atoms with Crippen molar-refractivity contribution >= 4 is 58.2 Å². The van der Waals surface area contributed by atoms with E-state index in [1.807, 2.05) is 52.0 Å². The summed E-state index contributed by atoms with van der Waals surface area (Å²) >= 11 is 13.6. The maximum atomic E-state index is 12.7. The van der Waals surface area contributed by atoms with Gasteiger partial charge in [-0.25, -0.2) is 0 Å². The Morgan fingerprint density at radius 2 is 1.79 bits per heavy atom. The van der Waals surface area contributed by atoms with Crippen LogP contribution in [-0.4, -0.2) is 17.1 Å². The van der Waals surface area contributed by atoms with Gasteiger partial charge in [-0.3, -0.25) is 9.59 Å². The van der Waals surface area contributed by atoms with Crippen molar-refractivity contribution < 1.29 is 9.59 Å². The van der Waals surface area contributed by atoms with Gasteiger partial charge >= 0.3 is 0 Å². The summed E-state index contributed by atoms with van der Waals surface area (Å²) in [6, 6.07) is 12.5. The summed E-state index contributed by atoms with van der Waals surface area (Å²) in [7, 11) is 0. The second-order valence-corrected chi connectivity index (χ2v) is 10.1. The van der Waals surface area contributed by atoms with Crippen molar-refractivity contribution in [1.29, 1.82) is 0 Å². The van der Waals surface area contributed by atoms with Crippen LogP contribution in [0.25, 0.3) is 0 Å². The van der Waals surface area contributed by atoms with Crippen LogP contribution in [0.3, 0.4) is 0 Å². The maximum absolute atomic E-state index is 12.7. The molecule has 2 aromatic rings. The van der Waals surface area contributed by atoms with E-state index in [1.165, 1.54) is 11.8 Å². The molecule has 156 valence electrons. The highest BCUT2D eigenvalue weighted by molar-refractivity contribution is 8.00. The van der Waals surface area contributed by atoms with E-state index in [1.54, 1.807) is 18.2 Å². The topological polar surface area (TPSA) is 58.2 Å². The number of rotatable bonds is 7. The lowest BCUT2D eigenvalue weighted by molar-refractivity contribution is -0.118. The van der Waals surface area contributed by atoms with Crippen LogP contribution in [0, 0.1) is 5.41 Å². The first-order chi connectivity index (χ1) is 13.6. The van der Waals surface area contributed by atoms with Gasteiger partial charge in [-0.15, -0.1) is 11.8 Å². The monoisotopic (exact) mass is 452 g/mol. The van der Waals surface area contributed by atoms with Gasteiger partial charge in [-0.2, -0.15) is 0 Å². The number of carbonyl (C=O) groups excluding carboxylic acids is 2. The summed E-state index contributed by atoms with van der Waals surface area (Å²) in [5.41, 5.74) is 1.13. The van der Waals surface area contributed by atoms with Crippen LogP contribution in [0.1, 0.15) is 40.5 Å². The van der Waals surface area contributed by atoms with Crippen LogP contribution in [0.5, 0.6) is 0 Å². The van der Waals surface area contributed by atoms with Gasteiger partial charge in [0, 0.05) is 22.0 Å². The summed E-state index contributed by atoms with van der Waals surface area (Å²) in [4.78, 5) is 25.8. The van der Waals surface area contributed by atoms with Gasteiger partial charge in [-0.05, 0) is 48.2 Å². The van der Waals surface area contributed by atoms with E-state index >= 15 is 0 Å². The average molecular weight is 453 g/mol. The van der Waals surface area contributed by atoms with Crippen molar-refractivity contribution in [1.82, 2.24) is 0 Å². The van der Waals surface area contributed by atoms with Crippen molar-refractivity contribution in [2.45, 2.75) is 50.7 Å². The number of hydrogen-bond acceptors (Lipinski definition) is 3. The molecule has 0 spiro atoms. The van der Waals surface area contributed by atoms with E-state index in [9.17, 15) is 9.59 Å². The number of carbonyl (C=O) groups is 2. The van der Waals surface area contributed by atoms with Crippen LogP contribution in [-0.2, 0) is 9.59 Å². The third kappa shape index (κ3) is 7.92. The summed E-state index contributed by atoms with van der Waals surface area (Å²) in [5, 5.41) is 6.40. The fraction of sp³-hybridized carbons (Fsp3) is 0.364. The summed E-state index contributed by atoms with van der Waals surface area (Å²) < 4.78 is 0. The van der Waals surface area contributed by atoms with Crippen molar-refractivity contribution in [3.63, 3.8) is 0 Å². The number of nitrogens with one attached hydrogen (secondary N) is 2. The molecule has 0 fully saturated rings. The van der Waals surface area contributed by atoms with Crippen molar-refractivity contribution in [2.24, 2.45) is 5.41 Å². The molecule has 0 aliphatic carbocycles. The summed E-state index contributed by atoms with van der Waals surface area (Å²) in [5.74, 6) is -0.177. The van der Waals surface area contributed by atoms with Crippen LogP contribution >= 0.6 is 35.0 Å². The molecule has 2 amide bonds. The van der Waals surface area contributed by atoms with E-state index in [4.69, 9.17) is 23.2 Å². The fourth-order valence-corrected chi connectivity index (χ4v) is 3.98. The van der Waals surface area contributed by atoms with Crippen LogP contribution < -0.4 is 10.6 Å². The van der Waals surface area contributed by atoms with Gasteiger partial charge < -0.3 is 10.6 Å². The Balaban J connectivity index is 2.05. The lowest BCUT2D eigenvalue weighted by atomic mass is 9.92. The lowest BCUT2D eigenvalue weighted by Crippen LogP contribution is -2.24. The summed E-state index contributed by atoms with van der Waals surface area (Å²) in [6.45, 7) is 8.02. The number of halogens is 2. The predicted octanol–water partition coefficient (Wildman–Crippen LogP) is 6.88. The Bertz CT molecular complexity index is 881. The lowest BCUT2D eigenvalue weighted by Gasteiger charge is -2.18. The van der Waals surface area contributed by atoms with E-state index in [0.29, 0.717) is 28.6 Å². The SMILES string of the molecule is CCC(Sc1cccc(NC(=O)CC(C)(C)C)c1)C(=O)Nc1cc(Cl)ccc1Cl. The highest BCUT2D eigenvalue weighted by Gasteiger charge is 2.20. The highest BCUT2D eigenvalue weighted by atomic mass is 35.5. The highest BCUT2D eigenvalue weighted by Crippen LogP contribution is 2.31. The molecule has 2 rings (SSSR count). The third-order valence-electron chi connectivity index (χ3n) is 3.94. The molecule has 0 saturated carbocycles. The molecule has 0 aliphatic heterocycles. The standard InChI is InChI=1S/C22H26Cl2N2O2S/c1-5-19(21(28)26-18-11-14(23)9-10-17(18)24)29-16-8-6-7-15(12-16)25-20(27)13-22(2,3)4/h6-12,19H,5,13H2,1-4H3,(H,25,27)(H,26,28). The van der Waals surface area contributed by atoms with Crippen molar-refractivity contribution in [3.8, 4) is 0 Å². The van der Waals surface area contributed by atoms with E-state index in [0.717, 1.165) is 10.6 Å². The summed E-state index contributed by atoms with van der Waals surface area (Å²) in [6.07, 6.45) is 1.07. The zero-order valence-electron chi connectivity index (χ0n) is 17.0. The Kier molecular flexibility index (Phi) is 8.44. The molecule has 0 saturated heterocycles. The quantitative estimate of drug-likeness (QED) is 0.450. The molecule has 0 aromatic heterocycles. The second-order valence-electron chi connectivity index (χ2n) is 7.94. The van der Waals surface area contributed by atoms with Gasteiger partial charge in [0.05, 0.1) is 16.0 Å². The van der Waals surface area contributed by atoms with Crippen LogP contribution in [0.15, 0.2) is 47.4 Å². The Labute approximate surface area is 186 Å². The molecule has 2 N–H and O–H groups in total. The first-order valence-electron chi connectivity index (χ1n) is 9.40.